The summed E-state index contributed by atoms with van der Waals surface area (Å²) in [7, 11) is 0. The van der Waals surface area contributed by atoms with Gasteiger partial charge in [-0.3, -0.25) is 0 Å². The maximum absolute atomic E-state index is 11.8. The van der Waals surface area contributed by atoms with Crippen LogP contribution in [0.3, 0.4) is 0 Å². The molecule has 2 aromatic rings. The lowest BCUT2D eigenvalue weighted by Crippen LogP contribution is -2.05. The summed E-state index contributed by atoms with van der Waals surface area (Å²) < 4.78 is 6.27. The van der Waals surface area contributed by atoms with E-state index in [0.717, 1.165) is 15.6 Å². The average Bonchev–Trinajstić information content (AvgIpc) is 2.38. The van der Waals surface area contributed by atoms with Crippen LogP contribution in [0.2, 0.25) is 0 Å². The SMILES string of the molecule is Cc1cccc(C(=O)OCc2ccc(Br)cc2)c1. The number of hydrogen-bond acceptors (Lipinski definition) is 2. The molecular weight excluding hydrogens is 292 g/mol. The third kappa shape index (κ3) is 3.44. The molecule has 0 aliphatic carbocycles. The topological polar surface area (TPSA) is 26.3 Å². The largest absolute Gasteiger partial charge is 0.457 e. The zero-order valence-electron chi connectivity index (χ0n) is 10.0. The average molecular weight is 305 g/mol. The summed E-state index contributed by atoms with van der Waals surface area (Å²) in [6.45, 7) is 2.24. The maximum Gasteiger partial charge on any atom is 0.338 e. The first-order valence-electron chi connectivity index (χ1n) is 5.63. The van der Waals surface area contributed by atoms with Gasteiger partial charge in [-0.1, -0.05) is 45.8 Å². The van der Waals surface area contributed by atoms with Gasteiger partial charge in [0.1, 0.15) is 6.61 Å². The minimum Gasteiger partial charge on any atom is -0.457 e. The lowest BCUT2D eigenvalue weighted by Gasteiger charge is -2.05. The molecule has 0 atom stereocenters. The molecule has 2 aromatic carbocycles. The van der Waals surface area contributed by atoms with Crippen LogP contribution < -0.4 is 0 Å². The van der Waals surface area contributed by atoms with E-state index < -0.39 is 0 Å². The molecule has 0 fully saturated rings. The Bertz CT molecular complexity index is 547. The molecule has 0 aromatic heterocycles. The van der Waals surface area contributed by atoms with E-state index in [-0.39, 0.29) is 5.97 Å². The second kappa shape index (κ2) is 5.83. The highest BCUT2D eigenvalue weighted by Gasteiger charge is 2.06. The smallest absolute Gasteiger partial charge is 0.338 e. The number of rotatable bonds is 3. The van der Waals surface area contributed by atoms with E-state index in [9.17, 15) is 4.79 Å². The second-order valence-corrected chi connectivity index (χ2v) is 4.99. The number of carbonyl (C=O) groups is 1. The molecule has 2 nitrogen and oxygen atoms in total. The molecule has 0 saturated heterocycles. The van der Waals surface area contributed by atoms with Gasteiger partial charge in [-0.05, 0) is 36.8 Å². The summed E-state index contributed by atoms with van der Waals surface area (Å²) in [4.78, 5) is 11.8. The quantitative estimate of drug-likeness (QED) is 0.798. The van der Waals surface area contributed by atoms with E-state index in [1.807, 2.05) is 49.4 Å². The van der Waals surface area contributed by atoms with E-state index in [1.54, 1.807) is 6.07 Å². The zero-order valence-corrected chi connectivity index (χ0v) is 11.6. The van der Waals surface area contributed by atoms with Crippen molar-refractivity contribution in [1.29, 1.82) is 0 Å². The fraction of sp³-hybridized carbons (Fsp3) is 0.133. The molecule has 0 bridgehead atoms. The zero-order chi connectivity index (χ0) is 13.0. The molecule has 0 unspecified atom stereocenters. The number of esters is 1. The van der Waals surface area contributed by atoms with Crippen molar-refractivity contribution >= 4 is 21.9 Å². The normalized spacial score (nSPS) is 10.1. The van der Waals surface area contributed by atoms with Gasteiger partial charge in [0, 0.05) is 4.47 Å². The third-order valence-electron chi connectivity index (χ3n) is 2.54. The van der Waals surface area contributed by atoms with Crippen molar-refractivity contribution in [2.24, 2.45) is 0 Å². The van der Waals surface area contributed by atoms with Crippen molar-refractivity contribution in [2.45, 2.75) is 13.5 Å². The van der Waals surface area contributed by atoms with Gasteiger partial charge < -0.3 is 4.74 Å². The van der Waals surface area contributed by atoms with Crippen molar-refractivity contribution in [1.82, 2.24) is 0 Å². The number of ether oxygens (including phenoxy) is 1. The van der Waals surface area contributed by atoms with Gasteiger partial charge in [0.2, 0.25) is 0 Å². The Hall–Kier alpha value is -1.61. The Balaban J connectivity index is 1.98. The summed E-state index contributed by atoms with van der Waals surface area (Å²) in [5.41, 5.74) is 2.61. The van der Waals surface area contributed by atoms with Crippen molar-refractivity contribution in [2.75, 3.05) is 0 Å². The number of halogens is 1. The maximum atomic E-state index is 11.8. The lowest BCUT2D eigenvalue weighted by molar-refractivity contribution is 0.0472. The van der Waals surface area contributed by atoms with Crippen molar-refractivity contribution in [3.05, 3.63) is 69.7 Å². The number of hydrogen-bond donors (Lipinski definition) is 0. The minimum atomic E-state index is -0.290. The predicted molar refractivity (Wildman–Crippen MR) is 74.4 cm³/mol. The molecule has 0 amide bonds. The van der Waals surface area contributed by atoms with Crippen LogP contribution in [0.25, 0.3) is 0 Å². The Kier molecular flexibility index (Phi) is 4.15. The molecule has 0 N–H and O–H groups in total. The molecule has 0 aliphatic rings. The van der Waals surface area contributed by atoms with Gasteiger partial charge in [0.25, 0.3) is 0 Å². The van der Waals surface area contributed by atoms with Crippen LogP contribution in [-0.4, -0.2) is 5.97 Å². The molecule has 0 radical (unpaired) electrons. The third-order valence-corrected chi connectivity index (χ3v) is 3.07. The summed E-state index contributed by atoms with van der Waals surface area (Å²) in [6, 6.07) is 15.1. The first-order chi connectivity index (χ1) is 8.65. The van der Waals surface area contributed by atoms with Gasteiger partial charge in [0.15, 0.2) is 0 Å². The standard InChI is InChI=1S/C15H13BrO2/c1-11-3-2-4-13(9-11)15(17)18-10-12-5-7-14(16)8-6-12/h2-9H,10H2,1H3. The minimum absolute atomic E-state index is 0.290. The number of carbonyl (C=O) groups excluding carboxylic acids is 1. The van der Waals surface area contributed by atoms with Gasteiger partial charge in [-0.15, -0.1) is 0 Å². The van der Waals surface area contributed by atoms with Crippen LogP contribution in [0.15, 0.2) is 53.0 Å². The van der Waals surface area contributed by atoms with Crippen LogP contribution in [0.1, 0.15) is 21.5 Å². The fourth-order valence-corrected chi connectivity index (χ4v) is 1.85. The first-order valence-corrected chi connectivity index (χ1v) is 6.43. The highest BCUT2D eigenvalue weighted by molar-refractivity contribution is 9.10. The Labute approximate surface area is 115 Å². The Morgan fingerprint density at radius 1 is 1.17 bits per heavy atom. The molecule has 0 spiro atoms. The highest BCUT2D eigenvalue weighted by Crippen LogP contribution is 2.12. The molecule has 2 rings (SSSR count). The summed E-state index contributed by atoms with van der Waals surface area (Å²) >= 11 is 3.36. The first kappa shape index (κ1) is 12.8. The van der Waals surface area contributed by atoms with Crippen LogP contribution >= 0.6 is 15.9 Å². The fourth-order valence-electron chi connectivity index (χ4n) is 1.58. The Morgan fingerprint density at radius 3 is 2.56 bits per heavy atom. The van der Waals surface area contributed by atoms with Crippen LogP contribution in [0.4, 0.5) is 0 Å². The predicted octanol–water partition coefficient (Wildman–Crippen LogP) is 4.11. The van der Waals surface area contributed by atoms with Gasteiger partial charge in [0.05, 0.1) is 5.56 Å². The van der Waals surface area contributed by atoms with Crippen LogP contribution in [0, 0.1) is 6.92 Å². The molecule has 0 aliphatic heterocycles. The molecular formula is C15H13BrO2. The van der Waals surface area contributed by atoms with Gasteiger partial charge in [-0.2, -0.15) is 0 Å². The van der Waals surface area contributed by atoms with E-state index in [0.29, 0.717) is 12.2 Å². The van der Waals surface area contributed by atoms with E-state index in [1.165, 1.54) is 0 Å². The van der Waals surface area contributed by atoms with Crippen LogP contribution in [-0.2, 0) is 11.3 Å². The molecule has 92 valence electrons. The summed E-state index contributed by atoms with van der Waals surface area (Å²) in [5.74, 6) is -0.290. The van der Waals surface area contributed by atoms with Crippen molar-refractivity contribution in [3.8, 4) is 0 Å². The number of aryl methyl sites for hydroxylation is 1. The molecule has 18 heavy (non-hydrogen) atoms. The van der Waals surface area contributed by atoms with Crippen molar-refractivity contribution in [3.63, 3.8) is 0 Å². The van der Waals surface area contributed by atoms with Crippen molar-refractivity contribution < 1.29 is 9.53 Å². The summed E-state index contributed by atoms with van der Waals surface area (Å²) in [5, 5.41) is 0. The van der Waals surface area contributed by atoms with E-state index >= 15 is 0 Å². The monoisotopic (exact) mass is 304 g/mol. The Morgan fingerprint density at radius 2 is 1.89 bits per heavy atom. The van der Waals surface area contributed by atoms with Gasteiger partial charge >= 0.3 is 5.97 Å². The highest BCUT2D eigenvalue weighted by atomic mass is 79.9. The van der Waals surface area contributed by atoms with Crippen LogP contribution in [0.5, 0.6) is 0 Å². The molecule has 3 heteroatoms. The molecule has 0 saturated carbocycles. The van der Waals surface area contributed by atoms with Gasteiger partial charge in [-0.25, -0.2) is 4.79 Å². The number of benzene rings is 2. The van der Waals surface area contributed by atoms with E-state index in [4.69, 9.17) is 4.74 Å². The van der Waals surface area contributed by atoms with E-state index in [2.05, 4.69) is 15.9 Å². The summed E-state index contributed by atoms with van der Waals surface area (Å²) in [6.07, 6.45) is 0. The molecule has 0 heterocycles. The second-order valence-electron chi connectivity index (χ2n) is 4.07. The lowest BCUT2D eigenvalue weighted by atomic mass is 10.1.